The lowest BCUT2D eigenvalue weighted by Crippen LogP contribution is -2.43. The molecule has 0 amide bonds. The van der Waals surface area contributed by atoms with Crippen LogP contribution in [0, 0.1) is 5.92 Å². The van der Waals surface area contributed by atoms with E-state index in [2.05, 4.69) is 4.52 Å². The summed E-state index contributed by atoms with van der Waals surface area (Å²) in [6.07, 6.45) is -3.44. The fraction of sp³-hybridized carbons (Fsp3) is 0.636. The van der Waals surface area contributed by atoms with Gasteiger partial charge in [-0.15, -0.1) is 0 Å². The van der Waals surface area contributed by atoms with Gasteiger partial charge in [-0.3, -0.25) is 18.9 Å². The molecule has 12 heteroatoms. The van der Waals surface area contributed by atoms with Crippen LogP contribution in [-0.4, -0.2) is 48.9 Å². The first-order valence-corrected chi connectivity index (χ1v) is 8.17. The number of ether oxygens (including phenoxy) is 1. The van der Waals surface area contributed by atoms with Gasteiger partial charge in [-0.1, -0.05) is 0 Å². The van der Waals surface area contributed by atoms with Gasteiger partial charge in [0.2, 0.25) is 0 Å². The number of nitrogens with one attached hydrogen (secondary N) is 1. The minimum Gasteiger partial charge on any atom is -0.389 e. The molecular formula is C11H14FN2O8P. The van der Waals surface area contributed by atoms with Gasteiger partial charge in [0.25, 0.3) is 5.56 Å². The average molecular weight is 352 g/mol. The van der Waals surface area contributed by atoms with Crippen LogP contribution in [0.3, 0.4) is 0 Å². The number of aliphatic hydroxyl groups excluding tert-OH is 1. The quantitative estimate of drug-likeness (QED) is 0.485. The predicted molar refractivity (Wildman–Crippen MR) is 71.2 cm³/mol. The Morgan fingerprint density at radius 1 is 1.52 bits per heavy atom. The van der Waals surface area contributed by atoms with Crippen LogP contribution in [0.4, 0.5) is 4.39 Å². The first-order chi connectivity index (χ1) is 10.6. The summed E-state index contributed by atoms with van der Waals surface area (Å²) >= 11 is 0. The van der Waals surface area contributed by atoms with Gasteiger partial charge < -0.3 is 19.6 Å². The zero-order valence-corrected chi connectivity index (χ0v) is 12.4. The third-order valence-corrected chi connectivity index (χ3v) is 4.61. The van der Waals surface area contributed by atoms with Crippen molar-refractivity contribution in [3.05, 3.63) is 33.1 Å². The van der Waals surface area contributed by atoms with Gasteiger partial charge in [-0.25, -0.2) is 13.8 Å². The van der Waals surface area contributed by atoms with Crippen LogP contribution in [0.15, 0.2) is 21.9 Å². The molecule has 10 nitrogen and oxygen atoms in total. The predicted octanol–water partition coefficient (Wildman–Crippen LogP) is -1.37. The molecule has 4 N–H and O–H groups in total. The van der Waals surface area contributed by atoms with Gasteiger partial charge in [0.05, 0.1) is 18.6 Å². The number of alkyl halides is 1. The first-order valence-electron chi connectivity index (χ1n) is 6.64. The highest BCUT2D eigenvalue weighted by molar-refractivity contribution is 7.46. The summed E-state index contributed by atoms with van der Waals surface area (Å²) in [6.45, 7) is -0.732. The van der Waals surface area contributed by atoms with Crippen molar-refractivity contribution in [1.82, 2.24) is 9.55 Å². The maximum Gasteiger partial charge on any atom is 0.469 e. The fourth-order valence-corrected chi connectivity index (χ4v) is 3.54. The molecule has 128 valence electrons. The summed E-state index contributed by atoms with van der Waals surface area (Å²) in [6, 6.07) is 1.04. The second-order valence-corrected chi connectivity index (χ2v) is 6.84. The maximum atomic E-state index is 14.2. The highest BCUT2D eigenvalue weighted by Gasteiger charge is 2.65. The summed E-state index contributed by atoms with van der Waals surface area (Å²) < 4.78 is 35.8. The molecule has 0 aromatic carbocycles. The molecule has 1 aliphatic carbocycles. The van der Waals surface area contributed by atoms with Crippen molar-refractivity contribution in [3.63, 3.8) is 0 Å². The Balaban J connectivity index is 1.93. The summed E-state index contributed by atoms with van der Waals surface area (Å²) in [5.74, 6) is -1.13. The largest absolute Gasteiger partial charge is 0.469 e. The van der Waals surface area contributed by atoms with E-state index in [0.29, 0.717) is 0 Å². The van der Waals surface area contributed by atoms with Crippen LogP contribution < -0.4 is 11.2 Å². The molecule has 1 aliphatic heterocycles. The normalized spacial score (nSPS) is 36.5. The molecule has 5 atom stereocenters. The van der Waals surface area contributed by atoms with Crippen molar-refractivity contribution < 1.29 is 33.1 Å². The number of aromatic nitrogens is 2. The Labute approximate surface area is 127 Å². The number of halogens is 1. The number of nitrogens with zero attached hydrogens (tertiary/aromatic N) is 1. The molecule has 2 aliphatic rings. The maximum absolute atomic E-state index is 14.2. The van der Waals surface area contributed by atoms with Crippen molar-refractivity contribution in [2.75, 3.05) is 6.61 Å². The molecule has 2 heterocycles. The van der Waals surface area contributed by atoms with Crippen molar-refractivity contribution in [2.24, 2.45) is 5.92 Å². The molecule has 2 fully saturated rings. The summed E-state index contributed by atoms with van der Waals surface area (Å²) in [5.41, 5.74) is -3.17. The third kappa shape index (κ3) is 2.80. The zero-order chi connectivity index (χ0) is 17.0. The van der Waals surface area contributed by atoms with Crippen LogP contribution in [0.25, 0.3) is 0 Å². The monoisotopic (exact) mass is 352 g/mol. The number of rotatable bonds is 4. The molecule has 1 saturated heterocycles. The van der Waals surface area contributed by atoms with Gasteiger partial charge in [-0.2, -0.15) is 0 Å². The number of aromatic amines is 1. The van der Waals surface area contributed by atoms with E-state index in [-0.39, 0.29) is 6.42 Å². The van der Waals surface area contributed by atoms with Crippen LogP contribution in [0.5, 0.6) is 0 Å². The SMILES string of the molecule is O=c1ccn([C@@H]2O[C@@]3(COP(=O)(O)O)C[C@@H](F)[C@@H]2[C@@H]3O)c(=O)[nH]1. The number of aliphatic hydroxyl groups is 1. The Bertz CT molecular complexity index is 774. The lowest BCUT2D eigenvalue weighted by atomic mass is 10.0. The van der Waals surface area contributed by atoms with E-state index < -0.39 is 55.7 Å². The standard InChI is InChI=1S/C11H14FN2O8P/c12-5-3-11(4-21-23(18,19)20)8(16)7(5)9(22-11)14-2-1-6(15)13-10(14)17/h1-2,5,7-9,16H,3-4H2,(H,13,15,17)(H2,18,19,20)/t5-,7-,8+,9-,11-/m1/s1. The van der Waals surface area contributed by atoms with E-state index in [1.165, 1.54) is 0 Å². The minimum absolute atomic E-state index is 0.326. The first kappa shape index (κ1) is 16.5. The molecule has 0 unspecified atom stereocenters. The van der Waals surface area contributed by atoms with E-state index in [9.17, 15) is 23.7 Å². The second-order valence-electron chi connectivity index (χ2n) is 5.60. The van der Waals surface area contributed by atoms with E-state index in [1.54, 1.807) is 0 Å². The molecule has 1 saturated carbocycles. The Kier molecular flexibility index (Phi) is 3.82. The average Bonchev–Trinajstić information content (AvgIpc) is 2.83. The lowest BCUT2D eigenvalue weighted by molar-refractivity contribution is -0.151. The number of hydrogen-bond donors (Lipinski definition) is 4. The number of fused-ring (bicyclic) bond motifs is 2. The van der Waals surface area contributed by atoms with Crippen molar-refractivity contribution in [2.45, 2.75) is 30.5 Å². The Morgan fingerprint density at radius 3 is 2.83 bits per heavy atom. The van der Waals surface area contributed by atoms with Crippen LogP contribution in [0.1, 0.15) is 12.6 Å². The van der Waals surface area contributed by atoms with Gasteiger partial charge in [0.1, 0.15) is 18.0 Å². The molecule has 23 heavy (non-hydrogen) atoms. The highest BCUT2D eigenvalue weighted by atomic mass is 31.2. The summed E-state index contributed by atoms with van der Waals surface area (Å²) in [7, 11) is -4.84. The van der Waals surface area contributed by atoms with Gasteiger partial charge in [0.15, 0.2) is 0 Å². The van der Waals surface area contributed by atoms with Gasteiger partial charge in [0, 0.05) is 18.7 Å². The molecule has 0 radical (unpaired) electrons. The van der Waals surface area contributed by atoms with Crippen molar-refractivity contribution >= 4 is 7.82 Å². The van der Waals surface area contributed by atoms with E-state index in [0.717, 1.165) is 16.8 Å². The Hall–Kier alpha value is -1.36. The van der Waals surface area contributed by atoms with Crippen LogP contribution in [0.2, 0.25) is 0 Å². The fourth-order valence-electron chi connectivity index (χ4n) is 3.15. The smallest absolute Gasteiger partial charge is 0.389 e. The van der Waals surface area contributed by atoms with Crippen LogP contribution in [-0.2, 0) is 13.8 Å². The molecular weight excluding hydrogens is 338 g/mol. The number of phosphoric ester groups is 1. The number of phosphoric acid groups is 1. The highest BCUT2D eigenvalue weighted by Crippen LogP contribution is 2.55. The molecule has 2 bridgehead atoms. The van der Waals surface area contributed by atoms with Crippen LogP contribution >= 0.6 is 7.82 Å². The number of hydrogen-bond acceptors (Lipinski definition) is 6. The second kappa shape index (κ2) is 5.33. The molecule has 1 aromatic rings. The third-order valence-electron chi connectivity index (χ3n) is 4.15. The van der Waals surface area contributed by atoms with E-state index >= 15 is 0 Å². The summed E-state index contributed by atoms with van der Waals surface area (Å²) in [5, 5.41) is 10.2. The topological polar surface area (TPSA) is 151 Å². The molecule has 0 spiro atoms. The Morgan fingerprint density at radius 2 is 2.22 bits per heavy atom. The van der Waals surface area contributed by atoms with Gasteiger partial charge in [-0.05, 0) is 0 Å². The zero-order valence-electron chi connectivity index (χ0n) is 11.5. The summed E-state index contributed by atoms with van der Waals surface area (Å²) in [4.78, 5) is 42.4. The lowest BCUT2D eigenvalue weighted by Gasteiger charge is -2.32. The van der Waals surface area contributed by atoms with E-state index in [1.807, 2.05) is 4.98 Å². The minimum atomic E-state index is -4.84. The molecule has 1 aromatic heterocycles. The molecule has 3 rings (SSSR count). The van der Waals surface area contributed by atoms with Crippen molar-refractivity contribution in [1.29, 1.82) is 0 Å². The van der Waals surface area contributed by atoms with E-state index in [4.69, 9.17) is 14.5 Å². The van der Waals surface area contributed by atoms with Crippen molar-refractivity contribution in [3.8, 4) is 0 Å². The number of H-pyrrole nitrogens is 1. The van der Waals surface area contributed by atoms with Gasteiger partial charge >= 0.3 is 13.5 Å².